The number of nitrogens with zero attached hydrogens (tertiary/aromatic N) is 3. The molecule has 1 aliphatic rings. The Labute approximate surface area is 118 Å². The molecule has 0 spiro atoms. The SMILES string of the molecule is [B]c1ccc(-c2ccc(C(=O)N3CC(N)C3)nn2)cc1. The summed E-state index contributed by atoms with van der Waals surface area (Å²) >= 11 is 0. The summed E-state index contributed by atoms with van der Waals surface area (Å²) in [6, 6.07) is 10.9. The molecule has 5 nitrogen and oxygen atoms in total. The molecule has 1 saturated heterocycles. The van der Waals surface area contributed by atoms with Gasteiger partial charge in [-0.1, -0.05) is 29.7 Å². The zero-order valence-corrected chi connectivity index (χ0v) is 10.9. The van der Waals surface area contributed by atoms with Crippen molar-refractivity contribution in [3.63, 3.8) is 0 Å². The van der Waals surface area contributed by atoms with Gasteiger partial charge in [-0.25, -0.2) is 0 Å². The summed E-state index contributed by atoms with van der Waals surface area (Å²) in [6.45, 7) is 1.17. The number of hydrogen-bond donors (Lipinski definition) is 1. The Morgan fingerprint density at radius 1 is 1.15 bits per heavy atom. The first-order valence-electron chi connectivity index (χ1n) is 6.38. The standard InChI is InChI=1S/C14H13BN4O/c15-10-3-1-9(2-4-10)12-5-6-13(18-17-12)14(20)19-7-11(16)8-19/h1-6,11H,7-8,16H2. The molecule has 0 saturated carbocycles. The van der Waals surface area contributed by atoms with Gasteiger partial charge in [-0.3, -0.25) is 4.79 Å². The van der Waals surface area contributed by atoms with E-state index in [0.717, 1.165) is 5.56 Å². The highest BCUT2D eigenvalue weighted by Gasteiger charge is 2.29. The number of likely N-dealkylation sites (tertiary alicyclic amines) is 1. The molecule has 1 aliphatic heterocycles. The highest BCUT2D eigenvalue weighted by atomic mass is 16.2. The molecule has 0 unspecified atom stereocenters. The molecular formula is C14H13BN4O. The molecule has 98 valence electrons. The van der Waals surface area contributed by atoms with Crippen molar-refractivity contribution in [1.82, 2.24) is 15.1 Å². The third-order valence-electron chi connectivity index (χ3n) is 3.29. The van der Waals surface area contributed by atoms with Crippen LogP contribution < -0.4 is 11.2 Å². The first-order valence-corrected chi connectivity index (χ1v) is 6.38. The third-order valence-corrected chi connectivity index (χ3v) is 3.29. The zero-order chi connectivity index (χ0) is 14.1. The van der Waals surface area contributed by atoms with Gasteiger partial charge in [-0.15, -0.1) is 10.2 Å². The van der Waals surface area contributed by atoms with Gasteiger partial charge >= 0.3 is 0 Å². The molecule has 0 atom stereocenters. The quantitative estimate of drug-likeness (QED) is 0.757. The second-order valence-corrected chi connectivity index (χ2v) is 4.90. The lowest BCUT2D eigenvalue weighted by Crippen LogP contribution is -2.57. The number of hydrogen-bond acceptors (Lipinski definition) is 4. The average Bonchev–Trinajstić information content (AvgIpc) is 2.44. The summed E-state index contributed by atoms with van der Waals surface area (Å²) in [4.78, 5) is 13.7. The Morgan fingerprint density at radius 2 is 1.85 bits per heavy atom. The van der Waals surface area contributed by atoms with Crippen LogP contribution in [0, 0.1) is 0 Å². The van der Waals surface area contributed by atoms with Crippen molar-refractivity contribution in [2.45, 2.75) is 6.04 Å². The molecule has 0 aliphatic carbocycles. The molecule has 2 radical (unpaired) electrons. The molecule has 2 N–H and O–H groups in total. The van der Waals surface area contributed by atoms with E-state index >= 15 is 0 Å². The summed E-state index contributed by atoms with van der Waals surface area (Å²) in [6.07, 6.45) is 0. The minimum atomic E-state index is -0.122. The van der Waals surface area contributed by atoms with Crippen LogP contribution in [-0.4, -0.2) is 48.0 Å². The second kappa shape index (κ2) is 5.05. The van der Waals surface area contributed by atoms with Crippen LogP contribution in [0.25, 0.3) is 11.3 Å². The van der Waals surface area contributed by atoms with Gasteiger partial charge < -0.3 is 10.6 Å². The summed E-state index contributed by atoms with van der Waals surface area (Å²) in [7, 11) is 5.64. The largest absolute Gasteiger partial charge is 0.334 e. The van der Waals surface area contributed by atoms with Gasteiger partial charge in [0.15, 0.2) is 5.69 Å². The highest BCUT2D eigenvalue weighted by molar-refractivity contribution is 6.32. The molecule has 20 heavy (non-hydrogen) atoms. The topological polar surface area (TPSA) is 72.1 Å². The van der Waals surface area contributed by atoms with Crippen LogP contribution in [0.4, 0.5) is 0 Å². The lowest BCUT2D eigenvalue weighted by molar-refractivity contribution is 0.0601. The fourth-order valence-electron chi connectivity index (χ4n) is 2.09. The number of aromatic nitrogens is 2. The molecule has 6 heteroatoms. The van der Waals surface area contributed by atoms with Gasteiger partial charge in [0.05, 0.1) is 5.69 Å². The van der Waals surface area contributed by atoms with Crippen LogP contribution in [0.15, 0.2) is 36.4 Å². The molecule has 2 heterocycles. The fourth-order valence-corrected chi connectivity index (χ4v) is 2.09. The van der Waals surface area contributed by atoms with Crippen molar-refractivity contribution in [2.75, 3.05) is 13.1 Å². The summed E-state index contributed by atoms with van der Waals surface area (Å²) in [5, 5.41) is 8.08. The smallest absolute Gasteiger partial charge is 0.274 e. The zero-order valence-electron chi connectivity index (χ0n) is 10.9. The minimum absolute atomic E-state index is 0.0842. The number of amides is 1. The van der Waals surface area contributed by atoms with E-state index in [1.54, 1.807) is 29.2 Å². The lowest BCUT2D eigenvalue weighted by Gasteiger charge is -2.36. The van der Waals surface area contributed by atoms with Gasteiger partial charge in [0.2, 0.25) is 0 Å². The number of carbonyl (C=O) groups excluding carboxylic acids is 1. The summed E-state index contributed by atoms with van der Waals surface area (Å²) in [5.74, 6) is -0.122. The van der Waals surface area contributed by atoms with Crippen molar-refractivity contribution in [3.8, 4) is 11.3 Å². The maximum absolute atomic E-state index is 12.0. The van der Waals surface area contributed by atoms with Crippen LogP contribution in [-0.2, 0) is 0 Å². The second-order valence-electron chi connectivity index (χ2n) is 4.90. The van der Waals surface area contributed by atoms with E-state index in [9.17, 15) is 4.79 Å². The molecule has 1 aromatic carbocycles. The van der Waals surface area contributed by atoms with E-state index in [1.807, 2.05) is 12.1 Å². The summed E-state index contributed by atoms with van der Waals surface area (Å²) < 4.78 is 0. The monoisotopic (exact) mass is 264 g/mol. The third kappa shape index (κ3) is 2.42. The molecule has 1 amide bonds. The average molecular weight is 264 g/mol. The van der Waals surface area contributed by atoms with Crippen molar-refractivity contribution < 1.29 is 4.79 Å². The van der Waals surface area contributed by atoms with E-state index in [1.165, 1.54) is 0 Å². The fraction of sp³-hybridized carbons (Fsp3) is 0.214. The summed E-state index contributed by atoms with van der Waals surface area (Å²) in [5.41, 5.74) is 8.32. The van der Waals surface area contributed by atoms with Crippen molar-refractivity contribution in [2.24, 2.45) is 5.73 Å². The van der Waals surface area contributed by atoms with Crippen molar-refractivity contribution >= 4 is 19.2 Å². The Hall–Kier alpha value is -2.21. The number of carbonyl (C=O) groups is 1. The molecule has 2 aromatic rings. The van der Waals surface area contributed by atoms with Gasteiger partial charge in [0.25, 0.3) is 5.91 Å². The van der Waals surface area contributed by atoms with Crippen molar-refractivity contribution in [1.29, 1.82) is 0 Å². The molecule has 1 fully saturated rings. The Balaban J connectivity index is 1.77. The Morgan fingerprint density at radius 3 is 2.40 bits per heavy atom. The van der Waals surface area contributed by atoms with Crippen LogP contribution in [0.2, 0.25) is 0 Å². The maximum atomic E-state index is 12.0. The van der Waals surface area contributed by atoms with Crippen LogP contribution >= 0.6 is 0 Å². The number of rotatable bonds is 2. The van der Waals surface area contributed by atoms with E-state index in [0.29, 0.717) is 29.9 Å². The predicted octanol–water partition coefficient (Wildman–Crippen LogP) is -0.279. The van der Waals surface area contributed by atoms with Crippen LogP contribution in [0.1, 0.15) is 10.5 Å². The maximum Gasteiger partial charge on any atom is 0.274 e. The van der Waals surface area contributed by atoms with E-state index in [4.69, 9.17) is 13.6 Å². The van der Waals surface area contributed by atoms with Gasteiger partial charge in [0.1, 0.15) is 7.85 Å². The van der Waals surface area contributed by atoms with Gasteiger partial charge in [-0.2, -0.15) is 0 Å². The first-order chi connectivity index (χ1) is 9.63. The minimum Gasteiger partial charge on any atom is -0.334 e. The van der Waals surface area contributed by atoms with Gasteiger partial charge in [0, 0.05) is 24.7 Å². The van der Waals surface area contributed by atoms with Crippen LogP contribution in [0.5, 0.6) is 0 Å². The Bertz CT molecular complexity index is 621. The molecule has 1 aromatic heterocycles. The predicted molar refractivity (Wildman–Crippen MR) is 76.7 cm³/mol. The number of benzene rings is 1. The molecular weight excluding hydrogens is 251 g/mol. The number of nitrogens with two attached hydrogens (primary N) is 1. The molecule has 3 rings (SSSR count). The molecule has 0 bridgehead atoms. The van der Waals surface area contributed by atoms with E-state index in [2.05, 4.69) is 10.2 Å². The first kappa shape index (κ1) is 12.8. The van der Waals surface area contributed by atoms with Crippen LogP contribution in [0.3, 0.4) is 0 Å². The highest BCUT2D eigenvalue weighted by Crippen LogP contribution is 2.16. The Kier molecular flexibility index (Phi) is 3.24. The van der Waals surface area contributed by atoms with Crippen molar-refractivity contribution in [3.05, 3.63) is 42.1 Å². The van der Waals surface area contributed by atoms with E-state index in [-0.39, 0.29) is 11.9 Å². The lowest BCUT2D eigenvalue weighted by atomic mass is 9.95. The normalized spacial score (nSPS) is 14.9. The van der Waals surface area contributed by atoms with Gasteiger partial charge in [-0.05, 0) is 12.1 Å². The van der Waals surface area contributed by atoms with E-state index < -0.39 is 0 Å².